The number of aryl methyl sites for hydroxylation is 1. The number of rotatable bonds is 4. The lowest BCUT2D eigenvalue weighted by Crippen LogP contribution is -2.02. The van der Waals surface area contributed by atoms with Crippen molar-refractivity contribution < 1.29 is 4.79 Å². The number of benzene rings is 2. The summed E-state index contributed by atoms with van der Waals surface area (Å²) < 4.78 is 1.87. The van der Waals surface area contributed by atoms with E-state index < -0.39 is 0 Å². The van der Waals surface area contributed by atoms with Crippen LogP contribution in [0.4, 0.5) is 11.5 Å². The van der Waals surface area contributed by atoms with Crippen LogP contribution in [0.1, 0.15) is 21.5 Å². The second-order valence-corrected chi connectivity index (χ2v) is 5.94. The van der Waals surface area contributed by atoms with E-state index in [0.29, 0.717) is 11.1 Å². The second-order valence-electron chi connectivity index (χ2n) is 5.94. The Morgan fingerprint density at radius 1 is 0.880 bits per heavy atom. The van der Waals surface area contributed by atoms with Crippen LogP contribution in [0.25, 0.3) is 5.65 Å². The van der Waals surface area contributed by atoms with E-state index in [0.717, 1.165) is 22.7 Å². The number of nitrogens with one attached hydrogen (secondary N) is 1. The molecule has 0 unspecified atom stereocenters. The molecular formula is C21H17N3O. The van der Waals surface area contributed by atoms with E-state index in [1.54, 1.807) is 0 Å². The van der Waals surface area contributed by atoms with Gasteiger partial charge in [0.05, 0.1) is 6.20 Å². The Morgan fingerprint density at radius 2 is 1.64 bits per heavy atom. The predicted octanol–water partition coefficient (Wildman–Crippen LogP) is 4.62. The van der Waals surface area contributed by atoms with Gasteiger partial charge >= 0.3 is 0 Å². The summed E-state index contributed by atoms with van der Waals surface area (Å²) >= 11 is 0. The molecule has 0 radical (unpaired) electrons. The average molecular weight is 327 g/mol. The summed E-state index contributed by atoms with van der Waals surface area (Å²) in [7, 11) is 0. The number of anilines is 2. The summed E-state index contributed by atoms with van der Waals surface area (Å²) in [5, 5.41) is 3.33. The molecule has 0 atom stereocenters. The van der Waals surface area contributed by atoms with Crippen LogP contribution >= 0.6 is 0 Å². The minimum atomic E-state index is 0.00427. The van der Waals surface area contributed by atoms with Gasteiger partial charge in [-0.3, -0.25) is 4.79 Å². The van der Waals surface area contributed by atoms with Gasteiger partial charge in [0, 0.05) is 23.0 Å². The number of pyridine rings is 1. The Labute approximate surface area is 145 Å². The number of carbonyl (C=O) groups is 1. The summed E-state index contributed by atoms with van der Waals surface area (Å²) in [6, 6.07) is 21.0. The maximum Gasteiger partial charge on any atom is 0.194 e. The Hall–Kier alpha value is -3.40. The quantitative estimate of drug-likeness (QED) is 0.556. The fourth-order valence-corrected chi connectivity index (χ4v) is 2.79. The van der Waals surface area contributed by atoms with Gasteiger partial charge in [-0.25, -0.2) is 4.98 Å². The average Bonchev–Trinajstić information content (AvgIpc) is 3.05. The first-order valence-corrected chi connectivity index (χ1v) is 8.12. The summed E-state index contributed by atoms with van der Waals surface area (Å²) in [4.78, 5) is 17.1. The maximum absolute atomic E-state index is 12.6. The topological polar surface area (TPSA) is 46.4 Å². The molecule has 0 spiro atoms. The van der Waals surface area contributed by atoms with Crippen LogP contribution in [0.15, 0.2) is 79.1 Å². The summed E-state index contributed by atoms with van der Waals surface area (Å²) in [5.74, 6) is 0.753. The van der Waals surface area contributed by atoms with Crippen molar-refractivity contribution in [3.63, 3.8) is 0 Å². The SMILES string of the molecule is Cc1ccccc1Nc1cn2cc(C(=O)c3ccccc3)ccc2n1. The van der Waals surface area contributed by atoms with Crippen molar-refractivity contribution in [2.24, 2.45) is 0 Å². The molecule has 4 nitrogen and oxygen atoms in total. The monoisotopic (exact) mass is 327 g/mol. The zero-order valence-electron chi connectivity index (χ0n) is 13.8. The third kappa shape index (κ3) is 3.02. The number of hydrogen-bond donors (Lipinski definition) is 1. The van der Waals surface area contributed by atoms with Crippen LogP contribution in [0, 0.1) is 6.92 Å². The second kappa shape index (κ2) is 6.24. The summed E-state index contributed by atoms with van der Waals surface area (Å²) in [5.41, 5.74) is 4.28. The summed E-state index contributed by atoms with van der Waals surface area (Å²) in [6.07, 6.45) is 3.71. The molecule has 4 rings (SSSR count). The molecule has 25 heavy (non-hydrogen) atoms. The highest BCUT2D eigenvalue weighted by Crippen LogP contribution is 2.20. The molecule has 0 saturated heterocycles. The molecule has 2 aromatic heterocycles. The number of fused-ring (bicyclic) bond motifs is 1. The number of hydrogen-bond acceptors (Lipinski definition) is 3. The van der Waals surface area contributed by atoms with Gasteiger partial charge in [-0.05, 0) is 30.7 Å². The lowest BCUT2D eigenvalue weighted by molar-refractivity contribution is 0.103. The van der Waals surface area contributed by atoms with Gasteiger partial charge in [-0.2, -0.15) is 0 Å². The minimum absolute atomic E-state index is 0.00427. The predicted molar refractivity (Wildman–Crippen MR) is 99.5 cm³/mol. The Balaban J connectivity index is 1.66. The smallest absolute Gasteiger partial charge is 0.194 e. The molecule has 0 aliphatic carbocycles. The summed E-state index contributed by atoms with van der Waals surface area (Å²) in [6.45, 7) is 2.05. The molecule has 2 aromatic carbocycles. The van der Waals surface area contributed by atoms with Crippen LogP contribution in [0.2, 0.25) is 0 Å². The molecule has 2 heterocycles. The number of carbonyl (C=O) groups excluding carboxylic acids is 1. The molecule has 0 bridgehead atoms. The number of ketones is 1. The van der Waals surface area contributed by atoms with Gasteiger partial charge in [-0.15, -0.1) is 0 Å². The molecule has 4 aromatic rings. The maximum atomic E-state index is 12.6. The largest absolute Gasteiger partial charge is 0.339 e. The fraction of sp³-hybridized carbons (Fsp3) is 0.0476. The van der Waals surface area contributed by atoms with Gasteiger partial charge in [0.25, 0.3) is 0 Å². The van der Waals surface area contributed by atoms with Gasteiger partial charge < -0.3 is 9.72 Å². The Kier molecular flexibility index (Phi) is 3.78. The highest BCUT2D eigenvalue weighted by molar-refractivity contribution is 6.08. The van der Waals surface area contributed by atoms with Gasteiger partial charge in [-0.1, -0.05) is 48.5 Å². The van der Waals surface area contributed by atoms with E-state index in [1.807, 2.05) is 77.5 Å². The molecule has 0 aliphatic heterocycles. The van der Waals surface area contributed by atoms with Crippen molar-refractivity contribution in [1.29, 1.82) is 0 Å². The zero-order valence-corrected chi connectivity index (χ0v) is 13.8. The first kappa shape index (κ1) is 15.1. The van der Waals surface area contributed by atoms with Gasteiger partial charge in [0.15, 0.2) is 5.78 Å². The Bertz CT molecular complexity index is 1050. The fourth-order valence-electron chi connectivity index (χ4n) is 2.79. The van der Waals surface area contributed by atoms with Crippen LogP contribution in [-0.2, 0) is 0 Å². The normalized spacial score (nSPS) is 10.8. The highest BCUT2D eigenvalue weighted by Gasteiger charge is 2.10. The standard InChI is InChI=1S/C21H17N3O/c1-15-7-5-6-10-18(15)22-19-14-24-13-17(11-12-20(24)23-19)21(25)16-8-3-2-4-9-16/h2-14,22H,1H3. The molecule has 0 aliphatic rings. The first-order chi connectivity index (χ1) is 12.2. The van der Waals surface area contributed by atoms with Gasteiger partial charge in [0.1, 0.15) is 11.5 Å². The third-order valence-electron chi connectivity index (χ3n) is 4.16. The van der Waals surface area contributed by atoms with E-state index in [2.05, 4.69) is 23.3 Å². The van der Waals surface area contributed by atoms with Crippen molar-refractivity contribution in [2.75, 3.05) is 5.32 Å². The zero-order chi connectivity index (χ0) is 17.2. The van der Waals surface area contributed by atoms with Crippen molar-refractivity contribution in [2.45, 2.75) is 6.92 Å². The number of aromatic nitrogens is 2. The third-order valence-corrected chi connectivity index (χ3v) is 4.16. The minimum Gasteiger partial charge on any atom is -0.339 e. The first-order valence-electron chi connectivity index (χ1n) is 8.12. The Morgan fingerprint density at radius 3 is 2.44 bits per heavy atom. The molecule has 0 saturated carbocycles. The van der Waals surface area contributed by atoms with Crippen LogP contribution in [0.5, 0.6) is 0 Å². The van der Waals surface area contributed by atoms with E-state index >= 15 is 0 Å². The van der Waals surface area contributed by atoms with E-state index in [-0.39, 0.29) is 5.78 Å². The molecular weight excluding hydrogens is 310 g/mol. The molecule has 0 fully saturated rings. The molecule has 4 heteroatoms. The lowest BCUT2D eigenvalue weighted by Gasteiger charge is -2.05. The molecule has 0 amide bonds. The molecule has 122 valence electrons. The van der Waals surface area contributed by atoms with Crippen molar-refractivity contribution in [1.82, 2.24) is 9.38 Å². The van der Waals surface area contributed by atoms with Crippen LogP contribution in [0.3, 0.4) is 0 Å². The number of para-hydroxylation sites is 1. The number of nitrogens with zero attached hydrogens (tertiary/aromatic N) is 2. The van der Waals surface area contributed by atoms with Crippen molar-refractivity contribution in [3.8, 4) is 0 Å². The van der Waals surface area contributed by atoms with E-state index in [9.17, 15) is 4.79 Å². The van der Waals surface area contributed by atoms with Crippen molar-refractivity contribution in [3.05, 3.63) is 95.8 Å². The van der Waals surface area contributed by atoms with Gasteiger partial charge in [0.2, 0.25) is 0 Å². The van der Waals surface area contributed by atoms with Crippen LogP contribution in [-0.4, -0.2) is 15.2 Å². The molecule has 1 N–H and O–H groups in total. The van der Waals surface area contributed by atoms with Crippen molar-refractivity contribution >= 4 is 22.9 Å². The highest BCUT2D eigenvalue weighted by atomic mass is 16.1. The lowest BCUT2D eigenvalue weighted by atomic mass is 10.1. The number of imidazole rings is 1. The van der Waals surface area contributed by atoms with E-state index in [4.69, 9.17) is 0 Å². The van der Waals surface area contributed by atoms with E-state index in [1.165, 1.54) is 0 Å². The van der Waals surface area contributed by atoms with Crippen LogP contribution < -0.4 is 5.32 Å².